The van der Waals surface area contributed by atoms with Gasteiger partial charge in [0.2, 0.25) is 6.79 Å². The first kappa shape index (κ1) is 25.7. The highest BCUT2D eigenvalue weighted by Crippen LogP contribution is 2.38. The number of carbonyl (C=O) groups is 1. The highest BCUT2D eigenvalue weighted by atomic mass is 79.9. The average molecular weight is 650 g/mol. The number of methoxy groups -OCH3 is 1. The van der Waals surface area contributed by atoms with Crippen molar-refractivity contribution in [2.24, 2.45) is 4.99 Å². The molecule has 0 unspecified atom stereocenters. The van der Waals surface area contributed by atoms with Gasteiger partial charge in [-0.2, -0.15) is 0 Å². The molecule has 1 atom stereocenters. The van der Waals surface area contributed by atoms with Crippen LogP contribution in [0.3, 0.4) is 0 Å². The quantitative estimate of drug-likeness (QED) is 0.380. The Hall–Kier alpha value is -2.89. The maximum absolute atomic E-state index is 13.9. The second-order valence-corrected chi connectivity index (χ2v) is 11.4. The van der Waals surface area contributed by atoms with Gasteiger partial charge in [-0.1, -0.05) is 43.2 Å². The molecular weight excluding hydrogens is 628 g/mol. The Morgan fingerprint density at radius 3 is 2.65 bits per heavy atom. The fourth-order valence-corrected chi connectivity index (χ4v) is 6.11. The predicted molar refractivity (Wildman–Crippen MR) is 146 cm³/mol. The largest absolute Gasteiger partial charge is 0.496 e. The van der Waals surface area contributed by atoms with Gasteiger partial charge in [-0.3, -0.25) is 9.36 Å². The molecule has 0 bridgehead atoms. The van der Waals surface area contributed by atoms with Crippen LogP contribution in [0, 0.1) is 0 Å². The van der Waals surface area contributed by atoms with Crippen LogP contribution in [0.5, 0.6) is 17.2 Å². The summed E-state index contributed by atoms with van der Waals surface area (Å²) in [6.07, 6.45) is 1.43. The number of fused-ring (bicyclic) bond motifs is 2. The lowest BCUT2D eigenvalue weighted by atomic mass is 9.95. The van der Waals surface area contributed by atoms with Crippen LogP contribution in [-0.2, 0) is 9.53 Å². The number of aromatic nitrogens is 1. The van der Waals surface area contributed by atoms with Crippen LogP contribution in [0.15, 0.2) is 60.3 Å². The number of esters is 1. The smallest absolute Gasteiger partial charge is 0.338 e. The van der Waals surface area contributed by atoms with E-state index in [1.54, 1.807) is 40.0 Å². The van der Waals surface area contributed by atoms with Crippen LogP contribution in [0.25, 0.3) is 6.08 Å². The van der Waals surface area contributed by atoms with Gasteiger partial charge in [0.1, 0.15) is 11.8 Å². The van der Waals surface area contributed by atoms with Crippen molar-refractivity contribution in [2.45, 2.75) is 32.9 Å². The summed E-state index contributed by atoms with van der Waals surface area (Å²) in [5, 5.41) is 0. The SMILES string of the molecule is COc1ccc(Br)cc1[C@@H]1C(C(=O)OC(C)C)=C(C)N=c2s/c(=C\c3cc4c(cc3Br)OCO4)c(=O)n21. The van der Waals surface area contributed by atoms with Crippen molar-refractivity contribution >= 4 is 55.2 Å². The molecule has 0 saturated heterocycles. The molecule has 0 amide bonds. The third-order valence-corrected chi connectivity index (χ3v) is 8.01. The van der Waals surface area contributed by atoms with Crippen LogP contribution in [0.1, 0.15) is 37.9 Å². The van der Waals surface area contributed by atoms with E-state index >= 15 is 0 Å². The van der Waals surface area contributed by atoms with Crippen molar-refractivity contribution in [3.05, 3.63) is 81.4 Å². The van der Waals surface area contributed by atoms with Crippen LogP contribution >= 0.6 is 43.2 Å². The van der Waals surface area contributed by atoms with Gasteiger partial charge in [0, 0.05) is 14.5 Å². The number of nitrogens with zero attached hydrogens (tertiary/aromatic N) is 2. The molecule has 0 saturated carbocycles. The molecule has 1 aromatic heterocycles. The summed E-state index contributed by atoms with van der Waals surface area (Å²) in [5.74, 6) is 1.24. The maximum atomic E-state index is 13.9. The monoisotopic (exact) mass is 648 g/mol. The number of allylic oxidation sites excluding steroid dienone is 1. The lowest BCUT2D eigenvalue weighted by Crippen LogP contribution is -2.40. The lowest BCUT2D eigenvalue weighted by molar-refractivity contribution is -0.143. The maximum Gasteiger partial charge on any atom is 0.338 e. The predicted octanol–water partition coefficient (Wildman–Crippen LogP) is 4.45. The highest BCUT2D eigenvalue weighted by molar-refractivity contribution is 9.10. The Balaban J connectivity index is 1.75. The van der Waals surface area contributed by atoms with E-state index in [0.717, 1.165) is 14.5 Å². The minimum absolute atomic E-state index is 0.149. The van der Waals surface area contributed by atoms with Gasteiger partial charge in [0.25, 0.3) is 5.56 Å². The molecule has 2 aliphatic heterocycles. The first-order valence-corrected chi connectivity index (χ1v) is 13.7. The van der Waals surface area contributed by atoms with Crippen molar-refractivity contribution in [3.63, 3.8) is 0 Å². The Morgan fingerprint density at radius 2 is 1.95 bits per heavy atom. The van der Waals surface area contributed by atoms with Gasteiger partial charge in [-0.25, -0.2) is 9.79 Å². The van der Waals surface area contributed by atoms with E-state index in [0.29, 0.717) is 37.8 Å². The Labute approximate surface area is 233 Å². The fourth-order valence-electron chi connectivity index (χ4n) is 4.26. The van der Waals surface area contributed by atoms with Crippen LogP contribution in [0.4, 0.5) is 0 Å². The average Bonchev–Trinajstić information content (AvgIpc) is 3.41. The standard InChI is InChI=1S/C26H22Br2N2O6S/c1-12(2)36-25(32)22-13(3)29-26-30(23(22)16-9-15(27)5-6-18(16)33-4)24(31)21(37-26)8-14-7-19-20(10-17(14)28)35-11-34-19/h5-10,12,23H,11H2,1-4H3/b21-8-/t23-/m1/s1. The first-order chi connectivity index (χ1) is 17.7. The molecule has 2 aliphatic rings. The third kappa shape index (κ3) is 4.75. The number of ether oxygens (including phenoxy) is 4. The number of halogens is 2. The first-order valence-electron chi connectivity index (χ1n) is 11.3. The van der Waals surface area contributed by atoms with E-state index in [9.17, 15) is 9.59 Å². The Kier molecular flexibility index (Phi) is 7.03. The molecular formula is C26H22Br2N2O6S. The highest BCUT2D eigenvalue weighted by Gasteiger charge is 2.35. The van der Waals surface area contributed by atoms with Crippen LogP contribution in [-0.4, -0.2) is 30.5 Å². The molecule has 8 nitrogen and oxygen atoms in total. The number of hydrogen-bond donors (Lipinski definition) is 0. The summed E-state index contributed by atoms with van der Waals surface area (Å²) < 4.78 is 25.7. The summed E-state index contributed by atoms with van der Waals surface area (Å²) in [6.45, 7) is 5.46. The van der Waals surface area contributed by atoms with E-state index < -0.39 is 12.0 Å². The van der Waals surface area contributed by atoms with Gasteiger partial charge in [-0.15, -0.1) is 0 Å². The van der Waals surface area contributed by atoms with Crippen molar-refractivity contribution in [3.8, 4) is 17.2 Å². The molecule has 11 heteroatoms. The summed E-state index contributed by atoms with van der Waals surface area (Å²) >= 11 is 8.31. The molecule has 0 radical (unpaired) electrons. The lowest BCUT2D eigenvalue weighted by Gasteiger charge is -2.26. The molecule has 3 aromatic rings. The second kappa shape index (κ2) is 10.1. The topological polar surface area (TPSA) is 88.4 Å². The Bertz CT molecular complexity index is 1640. The van der Waals surface area contributed by atoms with Crippen LogP contribution in [0.2, 0.25) is 0 Å². The van der Waals surface area contributed by atoms with Gasteiger partial charge >= 0.3 is 5.97 Å². The molecule has 0 aliphatic carbocycles. The van der Waals surface area contributed by atoms with E-state index in [1.807, 2.05) is 24.3 Å². The van der Waals surface area contributed by atoms with Crippen molar-refractivity contribution in [1.29, 1.82) is 0 Å². The van der Waals surface area contributed by atoms with E-state index in [-0.39, 0.29) is 24.0 Å². The Morgan fingerprint density at radius 1 is 1.22 bits per heavy atom. The summed E-state index contributed by atoms with van der Waals surface area (Å²) in [7, 11) is 1.55. The number of benzene rings is 2. The molecule has 3 heterocycles. The van der Waals surface area contributed by atoms with Crippen molar-refractivity contribution in [1.82, 2.24) is 4.57 Å². The molecule has 0 fully saturated rings. The summed E-state index contributed by atoms with van der Waals surface area (Å²) in [5.41, 5.74) is 1.87. The number of thiazole rings is 1. The zero-order chi connectivity index (χ0) is 26.4. The molecule has 5 rings (SSSR count). The zero-order valence-electron chi connectivity index (χ0n) is 20.3. The van der Waals surface area contributed by atoms with E-state index in [2.05, 4.69) is 36.9 Å². The van der Waals surface area contributed by atoms with Crippen molar-refractivity contribution < 1.29 is 23.7 Å². The normalized spacial score (nSPS) is 16.6. The van der Waals surface area contributed by atoms with Gasteiger partial charge in [0.05, 0.1) is 29.0 Å². The number of rotatable bonds is 5. The minimum Gasteiger partial charge on any atom is -0.496 e. The molecule has 37 heavy (non-hydrogen) atoms. The minimum atomic E-state index is -0.794. The molecule has 0 spiro atoms. The molecule has 2 aromatic carbocycles. The third-order valence-electron chi connectivity index (χ3n) is 5.85. The number of carbonyl (C=O) groups excluding carboxylic acids is 1. The van der Waals surface area contributed by atoms with E-state index in [1.165, 1.54) is 15.9 Å². The molecule has 0 N–H and O–H groups in total. The molecule has 192 valence electrons. The van der Waals surface area contributed by atoms with E-state index in [4.69, 9.17) is 18.9 Å². The second-order valence-electron chi connectivity index (χ2n) is 8.65. The number of hydrogen-bond acceptors (Lipinski definition) is 8. The summed E-state index contributed by atoms with van der Waals surface area (Å²) in [4.78, 5) is 32.3. The van der Waals surface area contributed by atoms with Gasteiger partial charge in [0.15, 0.2) is 16.3 Å². The fraction of sp³-hybridized carbons (Fsp3) is 0.269. The van der Waals surface area contributed by atoms with Gasteiger partial charge < -0.3 is 18.9 Å². The summed E-state index contributed by atoms with van der Waals surface area (Å²) in [6, 6.07) is 8.31. The zero-order valence-corrected chi connectivity index (χ0v) is 24.3. The van der Waals surface area contributed by atoms with Crippen molar-refractivity contribution in [2.75, 3.05) is 13.9 Å². The van der Waals surface area contributed by atoms with Gasteiger partial charge in [-0.05, 0) is 62.7 Å². The van der Waals surface area contributed by atoms with Crippen LogP contribution < -0.4 is 29.1 Å².